The molecule has 0 radical (unpaired) electrons. The first-order valence-electron chi connectivity index (χ1n) is 6.39. The predicted molar refractivity (Wildman–Crippen MR) is 69.0 cm³/mol. The van der Waals surface area contributed by atoms with Gasteiger partial charge in [-0.15, -0.1) is 0 Å². The maximum Gasteiger partial charge on any atom is 0.263 e. The molecule has 0 amide bonds. The molecule has 1 N–H and O–H groups in total. The molecular formula is C12H17FN2O4S. The molecule has 2 rings (SSSR count). The van der Waals surface area contributed by atoms with Crippen LogP contribution in [0.5, 0.6) is 0 Å². The molecule has 1 saturated heterocycles. The van der Waals surface area contributed by atoms with E-state index in [1.54, 1.807) is 0 Å². The van der Waals surface area contributed by atoms with Crippen LogP contribution in [0.15, 0.2) is 23.4 Å². The summed E-state index contributed by atoms with van der Waals surface area (Å²) in [5.41, 5.74) is 0. The van der Waals surface area contributed by atoms with Crippen LogP contribution in [0.3, 0.4) is 0 Å². The van der Waals surface area contributed by atoms with E-state index >= 15 is 0 Å². The van der Waals surface area contributed by atoms with Crippen molar-refractivity contribution in [3.63, 3.8) is 0 Å². The van der Waals surface area contributed by atoms with Gasteiger partial charge in [0.25, 0.3) is 10.0 Å². The molecule has 0 bridgehead atoms. The summed E-state index contributed by atoms with van der Waals surface area (Å²) in [4.78, 5) is 3.62. The Morgan fingerprint density at radius 2 is 2.15 bits per heavy atom. The van der Waals surface area contributed by atoms with E-state index in [1.807, 2.05) is 0 Å². The van der Waals surface area contributed by atoms with Gasteiger partial charge >= 0.3 is 0 Å². The second-order valence-electron chi connectivity index (χ2n) is 4.49. The van der Waals surface area contributed by atoms with E-state index in [-0.39, 0.29) is 32.4 Å². The van der Waals surface area contributed by atoms with Gasteiger partial charge in [-0.2, -0.15) is 4.31 Å². The Kier molecular flexibility index (Phi) is 5.03. The molecular weight excluding hydrogens is 287 g/mol. The summed E-state index contributed by atoms with van der Waals surface area (Å²) in [6.07, 6.45) is 2.23. The molecule has 0 aromatic carbocycles. The van der Waals surface area contributed by atoms with Crippen LogP contribution in [-0.2, 0) is 14.8 Å². The Morgan fingerprint density at radius 3 is 2.75 bits per heavy atom. The molecule has 112 valence electrons. The standard InChI is InChI=1S/C12H17FN2O4S/c13-11-2-1-5-14-12(11)20(17,18)15-6-3-10(4-7-15)19-9-8-16/h1-2,5,10,16H,3-4,6-9H2. The molecule has 1 aliphatic rings. The number of sulfonamides is 1. The molecule has 1 fully saturated rings. The van der Waals surface area contributed by atoms with Crippen molar-refractivity contribution in [1.29, 1.82) is 0 Å². The van der Waals surface area contributed by atoms with Gasteiger partial charge in [-0.05, 0) is 25.0 Å². The Morgan fingerprint density at radius 1 is 1.45 bits per heavy atom. The van der Waals surface area contributed by atoms with Crippen LogP contribution in [0, 0.1) is 5.82 Å². The molecule has 0 aliphatic carbocycles. The van der Waals surface area contributed by atoms with Crippen molar-refractivity contribution in [2.45, 2.75) is 24.0 Å². The molecule has 2 heterocycles. The first-order chi connectivity index (χ1) is 9.55. The van der Waals surface area contributed by atoms with Gasteiger partial charge in [-0.25, -0.2) is 17.8 Å². The van der Waals surface area contributed by atoms with Gasteiger partial charge in [-0.3, -0.25) is 0 Å². The monoisotopic (exact) mass is 304 g/mol. The highest BCUT2D eigenvalue weighted by Gasteiger charge is 2.32. The smallest absolute Gasteiger partial charge is 0.263 e. The molecule has 1 aromatic heterocycles. The van der Waals surface area contributed by atoms with Crippen molar-refractivity contribution in [3.05, 3.63) is 24.1 Å². The zero-order valence-electron chi connectivity index (χ0n) is 10.9. The van der Waals surface area contributed by atoms with Crippen LogP contribution < -0.4 is 0 Å². The molecule has 0 unspecified atom stereocenters. The third-order valence-corrected chi connectivity index (χ3v) is 4.99. The SMILES string of the molecule is O=S(=O)(c1ncccc1F)N1CCC(OCCO)CC1. The first kappa shape index (κ1) is 15.3. The fraction of sp³-hybridized carbons (Fsp3) is 0.583. The number of hydrogen-bond donors (Lipinski definition) is 1. The van der Waals surface area contributed by atoms with E-state index in [9.17, 15) is 12.8 Å². The molecule has 6 nitrogen and oxygen atoms in total. The van der Waals surface area contributed by atoms with Gasteiger partial charge < -0.3 is 9.84 Å². The minimum Gasteiger partial charge on any atom is -0.394 e. The van der Waals surface area contributed by atoms with Crippen LogP contribution >= 0.6 is 0 Å². The van der Waals surface area contributed by atoms with Crippen LogP contribution in [0.1, 0.15) is 12.8 Å². The van der Waals surface area contributed by atoms with E-state index < -0.39 is 20.9 Å². The largest absolute Gasteiger partial charge is 0.394 e. The summed E-state index contributed by atoms with van der Waals surface area (Å²) in [6, 6.07) is 2.43. The van der Waals surface area contributed by atoms with Crippen molar-refractivity contribution < 1.29 is 22.7 Å². The molecule has 0 spiro atoms. The van der Waals surface area contributed by atoms with Crippen molar-refractivity contribution in [3.8, 4) is 0 Å². The highest BCUT2D eigenvalue weighted by atomic mass is 32.2. The Hall–Kier alpha value is -1.09. The minimum atomic E-state index is -3.89. The van der Waals surface area contributed by atoms with Crippen LogP contribution in [0.4, 0.5) is 4.39 Å². The fourth-order valence-corrected chi connectivity index (χ4v) is 3.59. The summed E-state index contributed by atoms with van der Waals surface area (Å²) in [7, 11) is -3.89. The topological polar surface area (TPSA) is 79.7 Å². The zero-order valence-corrected chi connectivity index (χ0v) is 11.7. The lowest BCUT2D eigenvalue weighted by atomic mass is 10.1. The van der Waals surface area contributed by atoms with Gasteiger partial charge in [0.15, 0.2) is 5.82 Å². The summed E-state index contributed by atoms with van der Waals surface area (Å²) in [5.74, 6) is -0.842. The van der Waals surface area contributed by atoms with Crippen molar-refractivity contribution in [2.75, 3.05) is 26.3 Å². The number of hydrogen-bond acceptors (Lipinski definition) is 5. The molecule has 8 heteroatoms. The number of halogens is 1. The normalized spacial score (nSPS) is 18.3. The second kappa shape index (κ2) is 6.57. The van der Waals surface area contributed by atoms with E-state index in [0.29, 0.717) is 12.8 Å². The summed E-state index contributed by atoms with van der Waals surface area (Å²) >= 11 is 0. The number of pyridine rings is 1. The van der Waals surface area contributed by atoms with Crippen molar-refractivity contribution in [1.82, 2.24) is 9.29 Å². The highest BCUT2D eigenvalue weighted by molar-refractivity contribution is 7.89. The first-order valence-corrected chi connectivity index (χ1v) is 7.83. The van der Waals surface area contributed by atoms with Crippen LogP contribution in [0.25, 0.3) is 0 Å². The van der Waals surface area contributed by atoms with E-state index in [1.165, 1.54) is 16.6 Å². The van der Waals surface area contributed by atoms with Crippen molar-refractivity contribution in [2.24, 2.45) is 0 Å². The van der Waals surface area contributed by atoms with Gasteiger partial charge in [0.1, 0.15) is 0 Å². The van der Waals surface area contributed by atoms with Crippen LogP contribution in [0.2, 0.25) is 0 Å². The lowest BCUT2D eigenvalue weighted by molar-refractivity contribution is 0.00314. The van der Waals surface area contributed by atoms with Gasteiger partial charge in [-0.1, -0.05) is 0 Å². The third-order valence-electron chi connectivity index (χ3n) is 3.15. The number of rotatable bonds is 5. The lowest BCUT2D eigenvalue weighted by Crippen LogP contribution is -2.41. The van der Waals surface area contributed by atoms with E-state index in [2.05, 4.69) is 4.98 Å². The number of aliphatic hydroxyl groups excluding tert-OH is 1. The number of aliphatic hydroxyl groups is 1. The van der Waals surface area contributed by atoms with E-state index in [0.717, 1.165) is 6.07 Å². The van der Waals surface area contributed by atoms with Crippen molar-refractivity contribution >= 4 is 10.0 Å². The predicted octanol–water partition coefficient (Wildman–Crippen LogP) is 0.383. The maximum absolute atomic E-state index is 13.6. The summed E-state index contributed by atoms with van der Waals surface area (Å²) < 4.78 is 44.7. The molecule has 0 atom stereocenters. The van der Waals surface area contributed by atoms with E-state index in [4.69, 9.17) is 9.84 Å². The Labute approximate surface area is 117 Å². The Balaban J connectivity index is 2.04. The maximum atomic E-state index is 13.6. The van der Waals surface area contributed by atoms with Gasteiger partial charge in [0, 0.05) is 19.3 Å². The molecule has 1 aromatic rings. The van der Waals surface area contributed by atoms with Gasteiger partial charge in [0.05, 0.1) is 19.3 Å². The fourth-order valence-electron chi connectivity index (χ4n) is 2.14. The third kappa shape index (κ3) is 3.32. The quantitative estimate of drug-likeness (QED) is 0.851. The summed E-state index contributed by atoms with van der Waals surface area (Å²) in [6.45, 7) is 0.701. The number of aromatic nitrogens is 1. The minimum absolute atomic E-state index is 0.0579. The number of piperidine rings is 1. The zero-order chi connectivity index (χ0) is 14.6. The average Bonchev–Trinajstić information content (AvgIpc) is 2.46. The lowest BCUT2D eigenvalue weighted by Gasteiger charge is -2.30. The second-order valence-corrected chi connectivity index (χ2v) is 6.34. The Bertz CT molecular complexity index is 544. The average molecular weight is 304 g/mol. The van der Waals surface area contributed by atoms with Crippen LogP contribution in [-0.4, -0.2) is 55.2 Å². The molecule has 1 aliphatic heterocycles. The number of ether oxygens (including phenoxy) is 1. The van der Waals surface area contributed by atoms with Gasteiger partial charge in [0.2, 0.25) is 5.03 Å². The number of nitrogens with zero attached hydrogens (tertiary/aromatic N) is 2. The molecule has 0 saturated carbocycles. The molecule has 20 heavy (non-hydrogen) atoms. The highest BCUT2D eigenvalue weighted by Crippen LogP contribution is 2.22. The summed E-state index contributed by atoms with van der Waals surface area (Å²) in [5, 5.41) is 8.14.